The van der Waals surface area contributed by atoms with Crippen LogP contribution < -0.4 is 4.43 Å². The van der Waals surface area contributed by atoms with Gasteiger partial charge in [-0.2, -0.15) is 0 Å². The molecule has 2 heterocycles. The summed E-state index contributed by atoms with van der Waals surface area (Å²) in [5.74, 6) is 3.18. The molecule has 2 saturated heterocycles. The first-order valence-electron chi connectivity index (χ1n) is 19.7. The summed E-state index contributed by atoms with van der Waals surface area (Å²) in [7, 11) is -2.10. The lowest BCUT2D eigenvalue weighted by molar-refractivity contribution is 0.0849. The molecule has 2 aromatic carbocycles. The number of nitrogens with zero attached hydrogens (tertiary/aromatic N) is 2. The highest BCUT2D eigenvalue weighted by Crippen LogP contribution is 2.49. The molecule has 0 bridgehead atoms. The van der Waals surface area contributed by atoms with Crippen LogP contribution >= 0.6 is 0 Å². The minimum atomic E-state index is -2.10. The molecule has 2 aromatic rings. The first-order chi connectivity index (χ1) is 22.9. The zero-order valence-electron chi connectivity index (χ0n) is 31.9. The average molecular weight is 677 g/mol. The van der Waals surface area contributed by atoms with Gasteiger partial charge in [-0.05, 0) is 154 Å². The van der Waals surface area contributed by atoms with Crippen molar-refractivity contribution >= 4 is 8.32 Å². The number of piperidine rings is 2. The second kappa shape index (κ2) is 15.9. The van der Waals surface area contributed by atoms with Gasteiger partial charge < -0.3 is 14.6 Å². The van der Waals surface area contributed by atoms with Gasteiger partial charge in [0, 0.05) is 17.6 Å². The van der Waals surface area contributed by atoms with E-state index < -0.39 is 8.32 Å². The molecule has 268 valence electrons. The van der Waals surface area contributed by atoms with Gasteiger partial charge in [-0.15, -0.1) is 0 Å². The number of likely N-dealkylation sites (tertiary alicyclic amines) is 2. The quantitative estimate of drug-likeness (QED) is 0.259. The van der Waals surface area contributed by atoms with Crippen LogP contribution in [0.2, 0.25) is 16.6 Å². The van der Waals surface area contributed by atoms with Crippen LogP contribution in [0.5, 0.6) is 17.2 Å². The highest BCUT2D eigenvalue weighted by atomic mass is 28.4. The highest BCUT2D eigenvalue weighted by Gasteiger charge is 2.48. The molecule has 2 aliphatic carbocycles. The van der Waals surface area contributed by atoms with Gasteiger partial charge >= 0.3 is 0 Å². The first-order valence-corrected chi connectivity index (χ1v) is 21.9. The minimum Gasteiger partial charge on any atom is -0.540 e. The Morgan fingerprint density at radius 2 is 1.19 bits per heavy atom. The van der Waals surface area contributed by atoms with Crippen LogP contribution in [0, 0.1) is 18.8 Å². The Kier molecular flexibility index (Phi) is 12.3. The van der Waals surface area contributed by atoms with Crippen molar-refractivity contribution in [1.29, 1.82) is 0 Å². The lowest BCUT2D eigenvalue weighted by atomic mass is 9.74. The van der Waals surface area contributed by atoms with E-state index in [2.05, 4.69) is 83.4 Å². The molecule has 0 saturated carbocycles. The standard InChI is InChI=1S/C25H43NO2Si.C17H25NO/c1-8-13-26-14-9-10-21-15-22-20(16-23(21)26)11-12-24(27)25(22)28-29(17(2)3,18(4)5)19(6)7;1-3-8-18-9-4-5-14-10-15-13(11-16(14)18)7-6-12(2)17(15)19/h11-12,17-19,21,23,27H,8-10,13-16H2,1-7H3;6-7,14,16,19H,3-5,8-11H2,1-2H3/t21-,23-;14-,16-/m11/s1. The van der Waals surface area contributed by atoms with Crippen molar-refractivity contribution in [3.8, 4) is 17.2 Å². The van der Waals surface area contributed by atoms with Crippen molar-refractivity contribution in [3.05, 3.63) is 52.1 Å². The molecule has 0 amide bonds. The zero-order valence-corrected chi connectivity index (χ0v) is 32.9. The van der Waals surface area contributed by atoms with E-state index in [0.717, 1.165) is 42.9 Å². The van der Waals surface area contributed by atoms with Gasteiger partial charge in [0.05, 0.1) is 0 Å². The largest absolute Gasteiger partial charge is 0.540 e. The number of aryl methyl sites for hydroxylation is 1. The maximum atomic E-state index is 10.9. The van der Waals surface area contributed by atoms with E-state index >= 15 is 0 Å². The zero-order chi connectivity index (χ0) is 34.7. The fraction of sp³-hybridized carbons (Fsp3) is 0.714. The summed E-state index contributed by atoms with van der Waals surface area (Å²) in [4.78, 5) is 5.41. The van der Waals surface area contributed by atoms with Crippen molar-refractivity contribution in [2.45, 2.75) is 155 Å². The Labute approximate surface area is 294 Å². The number of phenols is 2. The predicted molar refractivity (Wildman–Crippen MR) is 204 cm³/mol. The van der Waals surface area contributed by atoms with Crippen LogP contribution in [0.4, 0.5) is 0 Å². The Bertz CT molecular complexity index is 1350. The summed E-state index contributed by atoms with van der Waals surface area (Å²) in [6.07, 6.45) is 12.1. The van der Waals surface area contributed by atoms with Crippen molar-refractivity contribution in [1.82, 2.24) is 9.80 Å². The Balaban J connectivity index is 0.000000204. The van der Waals surface area contributed by atoms with Crippen LogP contribution in [0.1, 0.15) is 122 Å². The van der Waals surface area contributed by atoms with E-state index in [0.29, 0.717) is 46.1 Å². The maximum absolute atomic E-state index is 10.9. The molecule has 0 unspecified atom stereocenters. The smallest absolute Gasteiger partial charge is 0.258 e. The molecule has 48 heavy (non-hydrogen) atoms. The van der Waals surface area contributed by atoms with Gasteiger partial charge in [0.15, 0.2) is 5.75 Å². The van der Waals surface area contributed by atoms with Crippen LogP contribution in [0.3, 0.4) is 0 Å². The summed E-state index contributed by atoms with van der Waals surface area (Å²) in [6, 6.07) is 9.73. The van der Waals surface area contributed by atoms with E-state index in [1.165, 1.54) is 87.0 Å². The van der Waals surface area contributed by atoms with Crippen molar-refractivity contribution < 1.29 is 14.6 Å². The molecule has 4 aliphatic rings. The molecular formula is C42H68N2O3Si. The van der Waals surface area contributed by atoms with Crippen molar-refractivity contribution in [3.63, 3.8) is 0 Å². The summed E-state index contributed by atoms with van der Waals surface area (Å²) in [6.45, 7) is 25.4. The van der Waals surface area contributed by atoms with Gasteiger partial charge in [0.2, 0.25) is 0 Å². The minimum absolute atomic E-state index is 0.349. The van der Waals surface area contributed by atoms with Gasteiger partial charge in [0.1, 0.15) is 11.5 Å². The number of fused-ring (bicyclic) bond motifs is 4. The van der Waals surface area contributed by atoms with Gasteiger partial charge in [0.25, 0.3) is 8.32 Å². The molecule has 0 radical (unpaired) electrons. The fourth-order valence-electron chi connectivity index (χ4n) is 10.5. The molecule has 5 nitrogen and oxygen atoms in total. The number of aromatic hydroxyl groups is 2. The average Bonchev–Trinajstić information content (AvgIpc) is 3.05. The summed E-state index contributed by atoms with van der Waals surface area (Å²) in [5, 5.41) is 21.2. The Morgan fingerprint density at radius 3 is 1.69 bits per heavy atom. The maximum Gasteiger partial charge on any atom is 0.258 e. The van der Waals surface area contributed by atoms with E-state index in [1.807, 2.05) is 13.0 Å². The summed E-state index contributed by atoms with van der Waals surface area (Å²) in [5.41, 5.74) is 7.87. The number of benzene rings is 2. The molecule has 0 aromatic heterocycles. The Hall–Kier alpha value is -2.02. The fourth-order valence-corrected chi connectivity index (χ4v) is 15.8. The van der Waals surface area contributed by atoms with Gasteiger partial charge in [-0.1, -0.05) is 73.6 Å². The number of hydrogen-bond donors (Lipinski definition) is 2. The molecule has 4 atom stereocenters. The van der Waals surface area contributed by atoms with E-state index in [4.69, 9.17) is 4.43 Å². The molecule has 2 aliphatic heterocycles. The highest BCUT2D eigenvalue weighted by molar-refractivity contribution is 6.78. The molecule has 2 fully saturated rings. The van der Waals surface area contributed by atoms with E-state index in [1.54, 1.807) is 0 Å². The predicted octanol–water partition coefficient (Wildman–Crippen LogP) is 9.83. The molecular weight excluding hydrogens is 609 g/mol. The van der Waals surface area contributed by atoms with Crippen molar-refractivity contribution in [2.75, 3.05) is 26.2 Å². The third-order valence-corrected chi connectivity index (χ3v) is 18.8. The molecule has 0 spiro atoms. The topological polar surface area (TPSA) is 56.2 Å². The summed E-state index contributed by atoms with van der Waals surface area (Å²) >= 11 is 0. The van der Waals surface area contributed by atoms with E-state index in [-0.39, 0.29) is 0 Å². The summed E-state index contributed by atoms with van der Waals surface area (Å²) < 4.78 is 7.04. The lowest BCUT2D eigenvalue weighted by Gasteiger charge is -2.46. The van der Waals surface area contributed by atoms with Gasteiger partial charge in [-0.25, -0.2) is 0 Å². The third-order valence-electron chi connectivity index (χ3n) is 12.8. The van der Waals surface area contributed by atoms with Gasteiger partial charge in [-0.3, -0.25) is 9.80 Å². The second-order valence-electron chi connectivity index (χ2n) is 16.7. The SMILES string of the molecule is CCCN1CCC[C@@H]2Cc3c(ccc(C)c3O)C[C@H]21.CCCN1CCC[C@@H]2Cc3c(ccc(O)c3O[Si](C(C)C)(C(C)C)C(C)C)C[C@H]21. The number of phenolic OH excluding ortho intramolecular Hbond substituents is 2. The van der Waals surface area contributed by atoms with Crippen LogP contribution in [-0.2, 0) is 25.7 Å². The van der Waals surface area contributed by atoms with Crippen LogP contribution in [0.15, 0.2) is 24.3 Å². The molecule has 2 N–H and O–H groups in total. The second-order valence-corrected chi connectivity index (χ2v) is 22.0. The van der Waals surface area contributed by atoms with E-state index in [9.17, 15) is 10.2 Å². The van der Waals surface area contributed by atoms with Crippen LogP contribution in [-0.4, -0.2) is 66.6 Å². The van der Waals surface area contributed by atoms with Crippen molar-refractivity contribution in [2.24, 2.45) is 11.8 Å². The molecule has 6 rings (SSSR count). The Morgan fingerprint density at radius 1 is 0.708 bits per heavy atom. The van der Waals surface area contributed by atoms with Crippen LogP contribution in [0.25, 0.3) is 0 Å². The lowest BCUT2D eigenvalue weighted by Crippen LogP contribution is -2.51. The number of hydrogen-bond acceptors (Lipinski definition) is 5. The number of rotatable bonds is 9. The third kappa shape index (κ3) is 7.37. The monoisotopic (exact) mass is 676 g/mol. The first kappa shape index (κ1) is 37.2. The normalized spacial score (nSPS) is 24.4. The molecule has 6 heteroatoms.